The Morgan fingerprint density at radius 3 is 2.46 bits per heavy atom. The molecule has 3 heterocycles. The van der Waals surface area contributed by atoms with Crippen LogP contribution < -0.4 is 0 Å². The predicted molar refractivity (Wildman–Crippen MR) is 92.3 cm³/mol. The van der Waals surface area contributed by atoms with Crippen molar-refractivity contribution in [1.82, 2.24) is 24.1 Å². The van der Waals surface area contributed by atoms with Crippen LogP contribution in [0.25, 0.3) is 11.5 Å². The zero-order chi connectivity index (χ0) is 16.2. The number of nitrogens with zero attached hydrogens (tertiary/aromatic N) is 5. The Morgan fingerprint density at radius 2 is 1.71 bits per heavy atom. The molecular weight excluding hydrogens is 298 g/mol. The number of hydrogen-bond acceptors (Lipinski definition) is 3. The molecule has 1 atom stereocenters. The van der Waals surface area contributed by atoms with Crippen molar-refractivity contribution in [3.8, 4) is 11.5 Å². The molecule has 0 fully saturated rings. The van der Waals surface area contributed by atoms with Gasteiger partial charge in [0.25, 0.3) is 0 Å². The second-order valence-electron chi connectivity index (χ2n) is 5.56. The zero-order valence-electron chi connectivity index (χ0n) is 13.1. The lowest BCUT2D eigenvalue weighted by Crippen LogP contribution is -2.17. The van der Waals surface area contributed by atoms with Gasteiger partial charge in [0.2, 0.25) is 0 Å². The summed E-state index contributed by atoms with van der Waals surface area (Å²) in [6.07, 6.45) is 11.3. The molecule has 1 aromatic carbocycles. The first-order valence-corrected chi connectivity index (χ1v) is 7.87. The minimum absolute atomic E-state index is 0.111. The summed E-state index contributed by atoms with van der Waals surface area (Å²) < 4.78 is 4.26. The Morgan fingerprint density at radius 1 is 0.833 bits per heavy atom. The topological polar surface area (TPSA) is 48.5 Å². The van der Waals surface area contributed by atoms with Crippen molar-refractivity contribution in [1.29, 1.82) is 0 Å². The molecule has 0 aliphatic rings. The Bertz CT molecular complexity index is 882. The minimum atomic E-state index is 0.111. The van der Waals surface area contributed by atoms with Gasteiger partial charge in [-0.05, 0) is 17.7 Å². The lowest BCUT2D eigenvalue weighted by Gasteiger charge is -2.22. The SMILES string of the molecule is c1ccc([C@H](Cn2ccnc2)n2ccnc2-c2ccccn2)cc1. The van der Waals surface area contributed by atoms with E-state index in [1.165, 1.54) is 5.56 Å². The summed E-state index contributed by atoms with van der Waals surface area (Å²) in [6, 6.07) is 16.4. The molecule has 118 valence electrons. The minimum Gasteiger partial charge on any atom is -0.335 e. The Hall–Kier alpha value is -3.21. The summed E-state index contributed by atoms with van der Waals surface area (Å²) in [7, 11) is 0. The van der Waals surface area contributed by atoms with Crippen molar-refractivity contribution in [2.75, 3.05) is 0 Å². The summed E-state index contributed by atoms with van der Waals surface area (Å²) >= 11 is 0. The van der Waals surface area contributed by atoms with Crippen LogP contribution in [0.5, 0.6) is 0 Å². The summed E-state index contributed by atoms with van der Waals surface area (Å²) in [5.74, 6) is 0.865. The van der Waals surface area contributed by atoms with Gasteiger partial charge in [0.05, 0.1) is 12.4 Å². The van der Waals surface area contributed by atoms with Crippen LogP contribution in [0, 0.1) is 0 Å². The lowest BCUT2D eigenvalue weighted by atomic mass is 10.1. The van der Waals surface area contributed by atoms with Crippen molar-refractivity contribution in [2.45, 2.75) is 12.6 Å². The molecule has 0 N–H and O–H groups in total. The molecule has 24 heavy (non-hydrogen) atoms. The molecule has 0 saturated carbocycles. The van der Waals surface area contributed by atoms with Gasteiger partial charge in [-0.25, -0.2) is 9.97 Å². The van der Waals surface area contributed by atoms with E-state index in [-0.39, 0.29) is 6.04 Å². The van der Waals surface area contributed by atoms with Crippen LogP contribution in [0.4, 0.5) is 0 Å². The van der Waals surface area contributed by atoms with Crippen LogP contribution in [-0.2, 0) is 6.54 Å². The molecular formula is C19H17N5. The van der Waals surface area contributed by atoms with E-state index < -0.39 is 0 Å². The van der Waals surface area contributed by atoms with Crippen LogP contribution in [-0.4, -0.2) is 24.1 Å². The molecule has 0 spiro atoms. The summed E-state index contributed by atoms with van der Waals surface area (Å²) in [6.45, 7) is 0.778. The van der Waals surface area contributed by atoms with Gasteiger partial charge in [0.15, 0.2) is 5.82 Å². The van der Waals surface area contributed by atoms with Gasteiger partial charge in [0.1, 0.15) is 5.69 Å². The number of aromatic nitrogens is 5. The molecule has 0 amide bonds. The maximum Gasteiger partial charge on any atom is 0.159 e. The summed E-state index contributed by atoms with van der Waals surface area (Å²) in [4.78, 5) is 13.1. The standard InChI is InChI=1S/C19H17N5/c1-2-6-16(7-3-1)18(14-23-12-10-20-15-23)24-13-11-22-19(24)17-8-4-5-9-21-17/h1-13,15,18H,14H2/t18-/m0/s1. The van der Waals surface area contributed by atoms with E-state index >= 15 is 0 Å². The average Bonchev–Trinajstić information content (AvgIpc) is 3.33. The van der Waals surface area contributed by atoms with E-state index in [2.05, 4.69) is 48.4 Å². The fourth-order valence-corrected chi connectivity index (χ4v) is 2.88. The first kappa shape index (κ1) is 14.4. The molecule has 4 aromatic rings. The number of benzene rings is 1. The highest BCUT2D eigenvalue weighted by molar-refractivity contribution is 5.50. The zero-order valence-corrected chi connectivity index (χ0v) is 13.1. The molecule has 0 unspecified atom stereocenters. The van der Waals surface area contributed by atoms with E-state index in [1.807, 2.05) is 49.2 Å². The third kappa shape index (κ3) is 2.84. The van der Waals surface area contributed by atoms with Crippen LogP contribution in [0.2, 0.25) is 0 Å². The van der Waals surface area contributed by atoms with Crippen LogP contribution in [0.1, 0.15) is 11.6 Å². The van der Waals surface area contributed by atoms with Crippen molar-refractivity contribution < 1.29 is 0 Å². The molecule has 0 bridgehead atoms. The third-order valence-corrected chi connectivity index (χ3v) is 4.03. The van der Waals surface area contributed by atoms with E-state index in [0.29, 0.717) is 0 Å². The number of imidazole rings is 2. The van der Waals surface area contributed by atoms with E-state index in [4.69, 9.17) is 0 Å². The lowest BCUT2D eigenvalue weighted by molar-refractivity contribution is 0.496. The molecule has 0 aliphatic carbocycles. The normalized spacial score (nSPS) is 12.2. The van der Waals surface area contributed by atoms with Crippen LogP contribution in [0.3, 0.4) is 0 Å². The van der Waals surface area contributed by atoms with Gasteiger partial charge >= 0.3 is 0 Å². The molecule has 0 radical (unpaired) electrons. The fourth-order valence-electron chi connectivity index (χ4n) is 2.88. The molecule has 0 aliphatic heterocycles. The number of pyridine rings is 1. The van der Waals surface area contributed by atoms with Gasteiger partial charge in [0, 0.05) is 37.5 Å². The van der Waals surface area contributed by atoms with Crippen molar-refractivity contribution in [2.24, 2.45) is 0 Å². The molecule has 4 rings (SSSR count). The highest BCUT2D eigenvalue weighted by Gasteiger charge is 2.18. The second kappa shape index (κ2) is 6.50. The van der Waals surface area contributed by atoms with Crippen molar-refractivity contribution >= 4 is 0 Å². The Balaban J connectivity index is 1.79. The number of hydrogen-bond donors (Lipinski definition) is 0. The maximum atomic E-state index is 4.54. The fraction of sp³-hybridized carbons (Fsp3) is 0.105. The quantitative estimate of drug-likeness (QED) is 0.567. The van der Waals surface area contributed by atoms with Crippen molar-refractivity contribution in [3.05, 3.63) is 91.4 Å². The van der Waals surface area contributed by atoms with Gasteiger partial charge in [-0.2, -0.15) is 0 Å². The highest BCUT2D eigenvalue weighted by Crippen LogP contribution is 2.26. The maximum absolute atomic E-state index is 4.54. The van der Waals surface area contributed by atoms with Crippen LogP contribution >= 0.6 is 0 Å². The average molecular weight is 315 g/mol. The van der Waals surface area contributed by atoms with E-state index in [1.54, 1.807) is 12.4 Å². The molecule has 3 aromatic heterocycles. The van der Waals surface area contributed by atoms with Crippen LogP contribution in [0.15, 0.2) is 85.8 Å². The van der Waals surface area contributed by atoms with Gasteiger partial charge in [-0.3, -0.25) is 4.98 Å². The Kier molecular flexibility index (Phi) is 3.90. The number of rotatable bonds is 5. The van der Waals surface area contributed by atoms with Gasteiger partial charge in [-0.1, -0.05) is 36.4 Å². The highest BCUT2D eigenvalue weighted by atomic mass is 15.1. The smallest absolute Gasteiger partial charge is 0.159 e. The van der Waals surface area contributed by atoms with E-state index in [0.717, 1.165) is 18.1 Å². The molecule has 5 nitrogen and oxygen atoms in total. The van der Waals surface area contributed by atoms with Gasteiger partial charge < -0.3 is 9.13 Å². The Labute approximate surface area is 140 Å². The third-order valence-electron chi connectivity index (χ3n) is 4.03. The first-order valence-electron chi connectivity index (χ1n) is 7.87. The predicted octanol–water partition coefficient (Wildman–Crippen LogP) is 3.43. The summed E-state index contributed by atoms with van der Waals surface area (Å²) in [5, 5.41) is 0. The molecule has 5 heteroatoms. The molecule has 0 saturated heterocycles. The van der Waals surface area contributed by atoms with Crippen molar-refractivity contribution in [3.63, 3.8) is 0 Å². The summed E-state index contributed by atoms with van der Waals surface area (Å²) in [5.41, 5.74) is 2.09. The second-order valence-corrected chi connectivity index (χ2v) is 5.56. The first-order chi connectivity index (χ1) is 11.9. The monoisotopic (exact) mass is 315 g/mol. The largest absolute Gasteiger partial charge is 0.335 e. The van der Waals surface area contributed by atoms with Gasteiger partial charge in [-0.15, -0.1) is 0 Å². The van der Waals surface area contributed by atoms with E-state index in [9.17, 15) is 0 Å².